The smallest absolute Gasteiger partial charge is 0.0508 e. The first-order valence-corrected chi connectivity index (χ1v) is 13.6. The molecule has 1 aliphatic carbocycles. The molecule has 0 saturated carbocycles. The van der Waals surface area contributed by atoms with Crippen LogP contribution in [0.4, 0.5) is 17.1 Å². The third-order valence-corrected chi connectivity index (χ3v) is 7.24. The molecule has 0 fully saturated rings. The molecular formula is C37H36N2. The van der Waals surface area contributed by atoms with Gasteiger partial charge < -0.3 is 10.2 Å². The second-order valence-corrected chi connectivity index (χ2v) is 10.1. The van der Waals surface area contributed by atoms with Crippen molar-refractivity contribution in [2.75, 3.05) is 17.3 Å². The fraction of sp³-hybridized carbons (Fsp3) is 0.135. The van der Waals surface area contributed by atoms with Gasteiger partial charge >= 0.3 is 0 Å². The van der Waals surface area contributed by atoms with Crippen molar-refractivity contribution >= 4 is 33.4 Å². The molecule has 194 valence electrons. The van der Waals surface area contributed by atoms with Gasteiger partial charge in [0.15, 0.2) is 0 Å². The van der Waals surface area contributed by atoms with Crippen LogP contribution in [0.15, 0.2) is 146 Å². The van der Waals surface area contributed by atoms with Gasteiger partial charge in [-0.1, -0.05) is 122 Å². The van der Waals surface area contributed by atoms with Gasteiger partial charge in [0.1, 0.15) is 0 Å². The molecular weight excluding hydrogens is 472 g/mol. The first kappa shape index (κ1) is 26.1. The maximum absolute atomic E-state index is 3.71. The Labute approximate surface area is 232 Å². The molecule has 1 aliphatic rings. The van der Waals surface area contributed by atoms with Gasteiger partial charge in [0.05, 0.1) is 6.04 Å². The van der Waals surface area contributed by atoms with Crippen molar-refractivity contribution in [3.05, 3.63) is 157 Å². The lowest BCUT2D eigenvalue weighted by Gasteiger charge is -2.26. The molecule has 0 heterocycles. The molecule has 0 saturated heterocycles. The predicted octanol–water partition coefficient (Wildman–Crippen LogP) is 9.67. The highest BCUT2D eigenvalue weighted by Gasteiger charge is 2.18. The topological polar surface area (TPSA) is 15.3 Å². The molecule has 0 aromatic heterocycles. The van der Waals surface area contributed by atoms with Crippen LogP contribution in [0.5, 0.6) is 0 Å². The van der Waals surface area contributed by atoms with Gasteiger partial charge in [-0.2, -0.15) is 0 Å². The Morgan fingerprint density at radius 3 is 2.05 bits per heavy atom. The maximum atomic E-state index is 3.71. The monoisotopic (exact) mass is 508 g/mol. The van der Waals surface area contributed by atoms with Crippen LogP contribution in [0.25, 0.3) is 16.3 Å². The normalized spacial score (nSPS) is 16.1. The number of anilines is 3. The molecule has 5 aromatic rings. The highest BCUT2D eigenvalue weighted by molar-refractivity contribution is 5.94. The average Bonchev–Trinajstić information content (AvgIpc) is 2.99. The second kappa shape index (κ2) is 12.3. The standard InChI is InChI=1S/C23H21N.C14H15N/c1-17-16-20(18-8-3-2-4-9-18)14-15-22(17)24-23-13-7-11-19-10-5-6-12-21(19)23;1-12-7-6-10-14(11-12)15(2)13-8-4-3-5-9-13/h2-17,22,24H,1H3;3-11H,1-2H3. The van der Waals surface area contributed by atoms with Gasteiger partial charge in [0.2, 0.25) is 0 Å². The van der Waals surface area contributed by atoms with E-state index >= 15 is 0 Å². The van der Waals surface area contributed by atoms with Crippen molar-refractivity contribution < 1.29 is 0 Å². The minimum atomic E-state index is 0.309. The van der Waals surface area contributed by atoms with Gasteiger partial charge in [0.25, 0.3) is 0 Å². The molecule has 0 amide bonds. The molecule has 2 nitrogen and oxygen atoms in total. The van der Waals surface area contributed by atoms with Crippen LogP contribution < -0.4 is 10.2 Å². The fourth-order valence-corrected chi connectivity index (χ4v) is 5.00. The third-order valence-electron chi connectivity index (χ3n) is 7.24. The van der Waals surface area contributed by atoms with Gasteiger partial charge in [0, 0.05) is 29.5 Å². The van der Waals surface area contributed by atoms with Crippen molar-refractivity contribution in [3.8, 4) is 0 Å². The molecule has 5 aromatic carbocycles. The van der Waals surface area contributed by atoms with Crippen molar-refractivity contribution in [3.63, 3.8) is 0 Å². The number of hydrogen-bond acceptors (Lipinski definition) is 2. The predicted molar refractivity (Wildman–Crippen MR) is 170 cm³/mol. The van der Waals surface area contributed by atoms with E-state index in [-0.39, 0.29) is 0 Å². The molecule has 0 bridgehead atoms. The number of fused-ring (bicyclic) bond motifs is 1. The quantitative estimate of drug-likeness (QED) is 0.254. The minimum absolute atomic E-state index is 0.309. The Hall–Kier alpha value is -4.56. The van der Waals surface area contributed by atoms with Crippen molar-refractivity contribution in [2.45, 2.75) is 19.9 Å². The summed E-state index contributed by atoms with van der Waals surface area (Å²) < 4.78 is 0. The summed E-state index contributed by atoms with van der Waals surface area (Å²) in [5.41, 5.74) is 7.51. The molecule has 39 heavy (non-hydrogen) atoms. The Morgan fingerprint density at radius 2 is 1.31 bits per heavy atom. The van der Waals surface area contributed by atoms with Crippen LogP contribution in [-0.2, 0) is 0 Å². The van der Waals surface area contributed by atoms with Gasteiger partial charge in [-0.05, 0) is 65.3 Å². The zero-order valence-electron chi connectivity index (χ0n) is 23.0. The lowest BCUT2D eigenvalue weighted by atomic mass is 9.89. The zero-order chi connectivity index (χ0) is 27.0. The summed E-state index contributed by atoms with van der Waals surface area (Å²) in [4.78, 5) is 2.19. The lowest BCUT2D eigenvalue weighted by molar-refractivity contribution is 0.663. The lowest BCUT2D eigenvalue weighted by Crippen LogP contribution is -2.26. The zero-order valence-corrected chi connectivity index (χ0v) is 23.0. The molecule has 1 N–H and O–H groups in total. The molecule has 2 unspecified atom stereocenters. The van der Waals surface area contributed by atoms with E-state index in [0.717, 1.165) is 0 Å². The highest BCUT2D eigenvalue weighted by Crippen LogP contribution is 2.29. The summed E-state index contributed by atoms with van der Waals surface area (Å²) in [6.45, 7) is 4.39. The van der Waals surface area contributed by atoms with E-state index in [1.54, 1.807) is 0 Å². The van der Waals surface area contributed by atoms with E-state index in [1.165, 1.54) is 44.5 Å². The van der Waals surface area contributed by atoms with Crippen LogP contribution in [-0.4, -0.2) is 13.1 Å². The van der Waals surface area contributed by atoms with E-state index in [9.17, 15) is 0 Å². The van der Waals surface area contributed by atoms with Crippen molar-refractivity contribution in [1.29, 1.82) is 0 Å². The minimum Gasteiger partial charge on any atom is -0.378 e. The first-order valence-electron chi connectivity index (χ1n) is 13.6. The number of para-hydroxylation sites is 1. The Morgan fingerprint density at radius 1 is 0.667 bits per heavy atom. The number of benzene rings is 5. The van der Waals surface area contributed by atoms with E-state index in [0.29, 0.717) is 12.0 Å². The van der Waals surface area contributed by atoms with Crippen molar-refractivity contribution in [1.82, 2.24) is 0 Å². The molecule has 0 radical (unpaired) electrons. The number of rotatable bonds is 5. The summed E-state index contributed by atoms with van der Waals surface area (Å²) in [6, 6.07) is 44.8. The summed E-state index contributed by atoms with van der Waals surface area (Å²) in [5.74, 6) is 0.434. The number of nitrogens with one attached hydrogen (secondary N) is 1. The van der Waals surface area contributed by atoms with Gasteiger partial charge in [-0.25, -0.2) is 0 Å². The largest absolute Gasteiger partial charge is 0.378 e. The average molecular weight is 509 g/mol. The maximum Gasteiger partial charge on any atom is 0.0508 e. The van der Waals surface area contributed by atoms with E-state index in [2.05, 4.69) is 171 Å². The molecule has 6 rings (SSSR count). The van der Waals surface area contributed by atoms with Gasteiger partial charge in [-0.3, -0.25) is 0 Å². The summed E-state index contributed by atoms with van der Waals surface area (Å²) in [6.07, 6.45) is 6.88. The van der Waals surface area contributed by atoms with Crippen LogP contribution >= 0.6 is 0 Å². The van der Waals surface area contributed by atoms with Crippen LogP contribution in [0.2, 0.25) is 0 Å². The summed E-state index contributed by atoms with van der Waals surface area (Å²) >= 11 is 0. The number of nitrogens with zero attached hydrogens (tertiary/aromatic N) is 1. The van der Waals surface area contributed by atoms with Gasteiger partial charge in [-0.15, -0.1) is 0 Å². The first-order chi connectivity index (χ1) is 19.1. The molecule has 0 spiro atoms. The molecule has 2 heteroatoms. The second-order valence-electron chi connectivity index (χ2n) is 10.1. The fourth-order valence-electron chi connectivity index (χ4n) is 5.00. The van der Waals surface area contributed by atoms with Crippen molar-refractivity contribution in [2.24, 2.45) is 5.92 Å². The van der Waals surface area contributed by atoms with Crippen LogP contribution in [0.3, 0.4) is 0 Å². The highest BCUT2D eigenvalue weighted by atomic mass is 15.1. The van der Waals surface area contributed by atoms with E-state index in [1.807, 2.05) is 6.07 Å². The van der Waals surface area contributed by atoms with E-state index < -0.39 is 0 Å². The third kappa shape index (κ3) is 6.48. The summed E-state index contributed by atoms with van der Waals surface area (Å²) in [7, 11) is 2.09. The SMILES string of the molecule is CC1C=C(c2ccccc2)C=CC1Nc1cccc2ccccc12.Cc1cccc(N(C)c2ccccc2)c1. The van der Waals surface area contributed by atoms with Crippen LogP contribution in [0.1, 0.15) is 18.1 Å². The van der Waals surface area contributed by atoms with Crippen LogP contribution in [0, 0.1) is 12.8 Å². The number of allylic oxidation sites excluding steroid dienone is 2. The summed E-state index contributed by atoms with van der Waals surface area (Å²) in [5, 5.41) is 6.26. The van der Waals surface area contributed by atoms with E-state index in [4.69, 9.17) is 0 Å². The molecule has 2 atom stereocenters. The number of aryl methyl sites for hydroxylation is 1. The number of hydrogen-bond donors (Lipinski definition) is 1. The molecule has 0 aliphatic heterocycles. The Bertz CT molecular complexity index is 1560. The Kier molecular flexibility index (Phi) is 8.23. The Balaban J connectivity index is 0.000000177.